The number of ether oxygens (including phenoxy) is 1. The van der Waals surface area contributed by atoms with Crippen LogP contribution in [-0.4, -0.2) is 21.6 Å². The van der Waals surface area contributed by atoms with E-state index in [0.29, 0.717) is 11.4 Å². The van der Waals surface area contributed by atoms with E-state index in [9.17, 15) is 4.79 Å². The molecule has 0 aliphatic carbocycles. The van der Waals surface area contributed by atoms with E-state index in [-0.39, 0.29) is 10.7 Å². The highest BCUT2D eigenvalue weighted by molar-refractivity contribution is 6.30. The van der Waals surface area contributed by atoms with Crippen molar-refractivity contribution in [1.82, 2.24) is 9.38 Å². The lowest BCUT2D eigenvalue weighted by Crippen LogP contribution is -2.20. The SMILES string of the molecule is COc1cccn2c(=O)c(CO)c(Cl)nc12. The fraction of sp³-hybridized carbons (Fsp3) is 0.200. The zero-order chi connectivity index (χ0) is 11.7. The van der Waals surface area contributed by atoms with Crippen molar-refractivity contribution >= 4 is 17.2 Å². The van der Waals surface area contributed by atoms with Gasteiger partial charge in [0.25, 0.3) is 5.56 Å². The van der Waals surface area contributed by atoms with Crippen molar-refractivity contribution in [1.29, 1.82) is 0 Å². The summed E-state index contributed by atoms with van der Waals surface area (Å²) in [6.45, 7) is -0.440. The summed E-state index contributed by atoms with van der Waals surface area (Å²) in [5.41, 5.74) is 0.0148. The molecule has 16 heavy (non-hydrogen) atoms. The molecule has 2 aromatic heterocycles. The summed E-state index contributed by atoms with van der Waals surface area (Å²) in [4.78, 5) is 15.9. The monoisotopic (exact) mass is 240 g/mol. The average molecular weight is 241 g/mol. The first-order valence-corrected chi connectivity index (χ1v) is 4.91. The maximum absolute atomic E-state index is 11.9. The number of methoxy groups -OCH3 is 1. The van der Waals surface area contributed by atoms with Gasteiger partial charge in [0.15, 0.2) is 11.4 Å². The number of pyridine rings is 1. The Labute approximate surface area is 95.9 Å². The number of aliphatic hydroxyl groups is 1. The van der Waals surface area contributed by atoms with Gasteiger partial charge in [0.2, 0.25) is 0 Å². The Hall–Kier alpha value is -1.59. The number of fused-ring (bicyclic) bond motifs is 1. The number of hydrogen-bond acceptors (Lipinski definition) is 4. The molecule has 0 radical (unpaired) electrons. The molecule has 2 heterocycles. The van der Waals surface area contributed by atoms with E-state index < -0.39 is 12.2 Å². The van der Waals surface area contributed by atoms with Gasteiger partial charge >= 0.3 is 0 Å². The molecule has 0 aromatic carbocycles. The molecule has 2 aromatic rings. The van der Waals surface area contributed by atoms with Gasteiger partial charge in [0, 0.05) is 6.20 Å². The third-order valence-corrected chi connectivity index (χ3v) is 2.55. The van der Waals surface area contributed by atoms with Crippen LogP contribution in [0.2, 0.25) is 5.15 Å². The highest BCUT2D eigenvalue weighted by Crippen LogP contribution is 2.18. The Bertz CT molecular complexity index is 594. The summed E-state index contributed by atoms with van der Waals surface area (Å²) in [7, 11) is 1.48. The molecular formula is C10H9ClN2O3. The average Bonchev–Trinajstić information content (AvgIpc) is 2.29. The summed E-state index contributed by atoms with van der Waals surface area (Å²) in [5.74, 6) is 0.450. The fourth-order valence-corrected chi connectivity index (χ4v) is 1.66. The molecule has 0 bridgehead atoms. The van der Waals surface area contributed by atoms with Crippen molar-refractivity contribution in [3.05, 3.63) is 39.4 Å². The summed E-state index contributed by atoms with van der Waals surface area (Å²) in [5, 5.41) is 9.01. The summed E-state index contributed by atoms with van der Waals surface area (Å²) in [6, 6.07) is 3.33. The van der Waals surface area contributed by atoms with Crippen molar-refractivity contribution in [2.24, 2.45) is 0 Å². The van der Waals surface area contributed by atoms with Crippen LogP contribution >= 0.6 is 11.6 Å². The molecule has 84 valence electrons. The fourth-order valence-electron chi connectivity index (χ4n) is 1.44. The van der Waals surface area contributed by atoms with Gasteiger partial charge in [-0.3, -0.25) is 9.20 Å². The normalized spacial score (nSPS) is 10.7. The molecular weight excluding hydrogens is 232 g/mol. The summed E-state index contributed by atoms with van der Waals surface area (Å²) < 4.78 is 6.36. The molecule has 0 spiro atoms. The number of rotatable bonds is 2. The van der Waals surface area contributed by atoms with E-state index in [2.05, 4.69) is 4.98 Å². The predicted molar refractivity (Wildman–Crippen MR) is 58.9 cm³/mol. The van der Waals surface area contributed by atoms with Crippen molar-refractivity contribution in [3.63, 3.8) is 0 Å². The third kappa shape index (κ3) is 1.54. The van der Waals surface area contributed by atoms with Crippen molar-refractivity contribution in [2.45, 2.75) is 6.61 Å². The zero-order valence-electron chi connectivity index (χ0n) is 8.48. The Morgan fingerprint density at radius 1 is 1.62 bits per heavy atom. The van der Waals surface area contributed by atoms with Crippen LogP contribution in [0.3, 0.4) is 0 Å². The Morgan fingerprint density at radius 2 is 2.38 bits per heavy atom. The lowest BCUT2D eigenvalue weighted by molar-refractivity contribution is 0.279. The molecule has 0 aliphatic rings. The highest BCUT2D eigenvalue weighted by Gasteiger charge is 2.12. The third-order valence-electron chi connectivity index (χ3n) is 2.24. The lowest BCUT2D eigenvalue weighted by atomic mass is 10.3. The number of nitrogens with zero attached hydrogens (tertiary/aromatic N) is 2. The van der Waals surface area contributed by atoms with Crippen molar-refractivity contribution < 1.29 is 9.84 Å². The van der Waals surface area contributed by atoms with Gasteiger partial charge in [0.05, 0.1) is 19.3 Å². The second-order valence-corrected chi connectivity index (χ2v) is 3.47. The molecule has 0 aliphatic heterocycles. The van der Waals surface area contributed by atoms with Crippen LogP contribution in [0.4, 0.5) is 0 Å². The van der Waals surface area contributed by atoms with E-state index in [1.54, 1.807) is 18.3 Å². The molecule has 0 saturated carbocycles. The second kappa shape index (κ2) is 4.11. The van der Waals surface area contributed by atoms with Crippen LogP contribution in [0.5, 0.6) is 5.75 Å². The molecule has 1 N–H and O–H groups in total. The van der Waals surface area contributed by atoms with Gasteiger partial charge in [-0.1, -0.05) is 11.6 Å². The molecule has 0 atom stereocenters. The molecule has 5 nitrogen and oxygen atoms in total. The second-order valence-electron chi connectivity index (χ2n) is 3.11. The smallest absolute Gasteiger partial charge is 0.265 e. The number of aromatic nitrogens is 2. The van der Waals surface area contributed by atoms with Crippen LogP contribution in [0, 0.1) is 0 Å². The van der Waals surface area contributed by atoms with E-state index in [1.807, 2.05) is 0 Å². The zero-order valence-corrected chi connectivity index (χ0v) is 9.23. The topological polar surface area (TPSA) is 63.8 Å². The van der Waals surface area contributed by atoms with Gasteiger partial charge in [-0.25, -0.2) is 4.98 Å². The van der Waals surface area contributed by atoms with Crippen molar-refractivity contribution in [2.75, 3.05) is 7.11 Å². The number of aliphatic hydroxyl groups excluding tert-OH is 1. The van der Waals surface area contributed by atoms with E-state index in [4.69, 9.17) is 21.4 Å². The number of hydrogen-bond donors (Lipinski definition) is 1. The van der Waals surface area contributed by atoms with Crippen LogP contribution in [-0.2, 0) is 6.61 Å². The Kier molecular flexibility index (Phi) is 2.80. The van der Waals surface area contributed by atoms with E-state index >= 15 is 0 Å². The van der Waals surface area contributed by atoms with Gasteiger partial charge in [0.1, 0.15) is 5.15 Å². The molecule has 2 rings (SSSR count). The first-order valence-electron chi connectivity index (χ1n) is 4.53. The minimum Gasteiger partial charge on any atom is -0.493 e. The maximum atomic E-state index is 11.9. The summed E-state index contributed by atoms with van der Waals surface area (Å²) in [6.07, 6.45) is 1.54. The first kappa shape index (κ1) is 10.9. The molecule has 0 amide bonds. The molecule has 0 saturated heterocycles. The number of halogens is 1. The predicted octanol–water partition coefficient (Wildman–Crippen LogP) is 0.849. The van der Waals surface area contributed by atoms with Gasteiger partial charge < -0.3 is 9.84 Å². The van der Waals surface area contributed by atoms with Crippen LogP contribution < -0.4 is 10.3 Å². The minimum absolute atomic E-state index is 0.00278. The van der Waals surface area contributed by atoms with E-state index in [0.717, 1.165) is 0 Å². The summed E-state index contributed by atoms with van der Waals surface area (Å²) >= 11 is 5.80. The quantitative estimate of drug-likeness (QED) is 0.791. The van der Waals surface area contributed by atoms with Crippen LogP contribution in [0.1, 0.15) is 5.56 Å². The molecule has 6 heteroatoms. The van der Waals surface area contributed by atoms with Crippen molar-refractivity contribution in [3.8, 4) is 5.75 Å². The lowest BCUT2D eigenvalue weighted by Gasteiger charge is -2.07. The standard InChI is InChI=1S/C10H9ClN2O3/c1-16-7-3-2-4-13-9(7)12-8(11)6(5-14)10(13)15/h2-4,14H,5H2,1H3. The Morgan fingerprint density at radius 3 is 3.00 bits per heavy atom. The largest absolute Gasteiger partial charge is 0.493 e. The maximum Gasteiger partial charge on any atom is 0.265 e. The highest BCUT2D eigenvalue weighted by atomic mass is 35.5. The van der Waals surface area contributed by atoms with Gasteiger partial charge in [-0.05, 0) is 12.1 Å². The Balaban J connectivity index is 2.92. The van der Waals surface area contributed by atoms with Gasteiger partial charge in [-0.15, -0.1) is 0 Å². The van der Waals surface area contributed by atoms with Gasteiger partial charge in [-0.2, -0.15) is 0 Å². The van der Waals surface area contributed by atoms with Crippen LogP contribution in [0.25, 0.3) is 5.65 Å². The first-order chi connectivity index (χ1) is 7.69. The molecule has 0 fully saturated rings. The molecule has 0 unspecified atom stereocenters. The van der Waals surface area contributed by atoms with E-state index in [1.165, 1.54) is 11.5 Å². The minimum atomic E-state index is -0.440. The van der Waals surface area contributed by atoms with Crippen LogP contribution in [0.15, 0.2) is 23.1 Å².